The van der Waals surface area contributed by atoms with Gasteiger partial charge in [-0.25, -0.2) is 0 Å². The Morgan fingerprint density at radius 3 is 2.67 bits per heavy atom. The summed E-state index contributed by atoms with van der Waals surface area (Å²) in [5.41, 5.74) is -0.610. The van der Waals surface area contributed by atoms with Gasteiger partial charge in [0.2, 0.25) is 0 Å². The minimum absolute atomic E-state index is 0. The number of hydrogen-bond donors (Lipinski definition) is 0. The normalized spacial score (nSPS) is 21.4. The Kier molecular flexibility index (Phi) is 9.74. The number of ether oxygens (including phenoxy) is 1. The molecular formula is C11H20BF3KNO. The summed E-state index contributed by atoms with van der Waals surface area (Å²) < 4.78 is 42.8. The van der Waals surface area contributed by atoms with Gasteiger partial charge in [0.15, 0.2) is 0 Å². The third kappa shape index (κ3) is 7.07. The first-order valence-corrected chi connectivity index (χ1v) is 6.15. The van der Waals surface area contributed by atoms with Crippen molar-refractivity contribution in [3.05, 3.63) is 12.1 Å². The van der Waals surface area contributed by atoms with Gasteiger partial charge in [-0.05, 0) is 32.4 Å². The van der Waals surface area contributed by atoms with E-state index in [0.717, 1.165) is 19.3 Å². The molecule has 1 aliphatic rings. The molecule has 1 aliphatic heterocycles. The molecule has 1 saturated heterocycles. The van der Waals surface area contributed by atoms with E-state index in [9.17, 15) is 12.9 Å². The van der Waals surface area contributed by atoms with E-state index in [4.69, 9.17) is 4.74 Å². The van der Waals surface area contributed by atoms with Gasteiger partial charge in [0.1, 0.15) is 0 Å². The molecule has 0 bridgehead atoms. The number of rotatable bonds is 6. The number of piperidine rings is 1. The Hall–Kier alpha value is 1.15. The van der Waals surface area contributed by atoms with Gasteiger partial charge in [0.25, 0.3) is 0 Å². The van der Waals surface area contributed by atoms with Crippen LogP contribution in [0.2, 0.25) is 0 Å². The summed E-state index contributed by atoms with van der Waals surface area (Å²) in [4.78, 5) is 1.79. The molecule has 0 aliphatic carbocycles. The molecule has 0 amide bonds. The van der Waals surface area contributed by atoms with Crippen molar-refractivity contribution < 1.29 is 69.1 Å². The Morgan fingerprint density at radius 2 is 2.11 bits per heavy atom. The van der Waals surface area contributed by atoms with E-state index >= 15 is 0 Å². The summed E-state index contributed by atoms with van der Waals surface area (Å²) in [7, 11) is 0. The van der Waals surface area contributed by atoms with Gasteiger partial charge in [-0.15, -0.1) is 12.1 Å². The topological polar surface area (TPSA) is 12.5 Å². The van der Waals surface area contributed by atoms with Crippen LogP contribution in [0.1, 0.15) is 26.2 Å². The smallest absolute Gasteiger partial charge is 0.445 e. The first kappa shape index (κ1) is 19.2. The molecule has 1 rings (SSSR count). The van der Waals surface area contributed by atoms with Gasteiger partial charge in [0.05, 0.1) is 6.10 Å². The van der Waals surface area contributed by atoms with Gasteiger partial charge >= 0.3 is 58.4 Å². The van der Waals surface area contributed by atoms with E-state index in [-0.39, 0.29) is 64.0 Å². The Balaban J connectivity index is 0.00000289. The standard InChI is InChI=1S/C11H20BF3NO.K/c1-3-7-17-11-5-4-6-16(9-11)8-10(2)12(13,14)15;/h11H,2-9H2,1H3;/q-1;+1. The molecule has 0 N–H and O–H groups in total. The van der Waals surface area contributed by atoms with E-state index in [1.54, 1.807) is 4.90 Å². The van der Waals surface area contributed by atoms with Crippen LogP contribution in [-0.2, 0) is 4.74 Å². The maximum atomic E-state index is 12.4. The molecular weight excluding hydrogens is 269 g/mol. The molecule has 1 heterocycles. The third-order valence-corrected chi connectivity index (χ3v) is 2.91. The minimum atomic E-state index is -4.91. The molecule has 0 aromatic heterocycles. The van der Waals surface area contributed by atoms with Crippen molar-refractivity contribution in [1.29, 1.82) is 0 Å². The van der Waals surface area contributed by atoms with E-state index in [2.05, 4.69) is 6.58 Å². The molecule has 0 radical (unpaired) electrons. The zero-order valence-corrected chi connectivity index (χ0v) is 14.4. The molecule has 18 heavy (non-hydrogen) atoms. The predicted octanol–water partition coefficient (Wildman–Crippen LogP) is -0.176. The van der Waals surface area contributed by atoms with Crippen molar-refractivity contribution in [3.8, 4) is 0 Å². The number of halogens is 3. The monoisotopic (exact) mass is 289 g/mol. The minimum Gasteiger partial charge on any atom is -0.445 e. The predicted molar refractivity (Wildman–Crippen MR) is 63.9 cm³/mol. The van der Waals surface area contributed by atoms with Crippen LogP contribution in [0.5, 0.6) is 0 Å². The van der Waals surface area contributed by atoms with Gasteiger partial charge in [0, 0.05) is 13.2 Å². The van der Waals surface area contributed by atoms with E-state index in [1.165, 1.54) is 0 Å². The molecule has 100 valence electrons. The molecule has 1 atom stereocenters. The summed E-state index contributed by atoms with van der Waals surface area (Å²) in [6, 6.07) is 0. The van der Waals surface area contributed by atoms with Crippen molar-refractivity contribution >= 4 is 6.98 Å². The van der Waals surface area contributed by atoms with Gasteiger partial charge < -0.3 is 17.7 Å². The largest absolute Gasteiger partial charge is 1.00 e. The number of hydrogen-bond acceptors (Lipinski definition) is 2. The maximum absolute atomic E-state index is 12.4. The SMILES string of the molecule is C=C(CN1CCCC(OCCC)C1)[B-](F)(F)F.[K+]. The van der Waals surface area contributed by atoms with Crippen molar-refractivity contribution in [2.24, 2.45) is 0 Å². The van der Waals surface area contributed by atoms with Crippen LogP contribution in [0.4, 0.5) is 12.9 Å². The van der Waals surface area contributed by atoms with Crippen molar-refractivity contribution in [2.45, 2.75) is 32.3 Å². The molecule has 1 fully saturated rings. The van der Waals surface area contributed by atoms with Crippen LogP contribution in [0.25, 0.3) is 0 Å². The Morgan fingerprint density at radius 1 is 1.44 bits per heavy atom. The van der Waals surface area contributed by atoms with E-state index < -0.39 is 12.4 Å². The first-order valence-electron chi connectivity index (χ1n) is 6.15. The molecule has 1 unspecified atom stereocenters. The Bertz CT molecular complexity index is 263. The van der Waals surface area contributed by atoms with Gasteiger partial charge in [-0.2, -0.15) is 0 Å². The van der Waals surface area contributed by atoms with Crippen LogP contribution in [0.15, 0.2) is 12.1 Å². The fraction of sp³-hybridized carbons (Fsp3) is 0.818. The molecule has 2 nitrogen and oxygen atoms in total. The van der Waals surface area contributed by atoms with Crippen LogP contribution in [0.3, 0.4) is 0 Å². The first-order chi connectivity index (χ1) is 7.93. The summed E-state index contributed by atoms with van der Waals surface area (Å²) >= 11 is 0. The van der Waals surface area contributed by atoms with E-state index in [0.29, 0.717) is 19.7 Å². The Labute approximate surface area is 150 Å². The van der Waals surface area contributed by atoms with Gasteiger partial charge in [-0.1, -0.05) is 6.92 Å². The fourth-order valence-electron chi connectivity index (χ4n) is 1.97. The van der Waals surface area contributed by atoms with Crippen molar-refractivity contribution in [1.82, 2.24) is 4.90 Å². The molecule has 0 saturated carbocycles. The van der Waals surface area contributed by atoms with Crippen LogP contribution in [0, 0.1) is 0 Å². The zero-order valence-electron chi connectivity index (χ0n) is 11.3. The van der Waals surface area contributed by atoms with Crippen LogP contribution >= 0.6 is 0 Å². The third-order valence-electron chi connectivity index (χ3n) is 2.91. The zero-order chi connectivity index (χ0) is 12.9. The molecule has 0 aromatic carbocycles. The number of nitrogens with zero attached hydrogens (tertiary/aromatic N) is 1. The van der Waals surface area contributed by atoms with Gasteiger partial charge in [-0.3, -0.25) is 4.90 Å². The van der Waals surface area contributed by atoms with Crippen LogP contribution in [-0.4, -0.2) is 44.2 Å². The average Bonchev–Trinajstić information content (AvgIpc) is 2.25. The summed E-state index contributed by atoms with van der Waals surface area (Å²) in [5, 5.41) is 0. The quantitative estimate of drug-likeness (QED) is 0.629. The van der Waals surface area contributed by atoms with E-state index in [1.807, 2.05) is 6.92 Å². The van der Waals surface area contributed by atoms with Crippen LogP contribution < -0.4 is 51.4 Å². The fourth-order valence-corrected chi connectivity index (χ4v) is 1.97. The summed E-state index contributed by atoms with van der Waals surface area (Å²) in [6.45, 7) is 2.15. The second kappa shape index (κ2) is 9.15. The average molecular weight is 289 g/mol. The summed E-state index contributed by atoms with van der Waals surface area (Å²) in [5.74, 6) is 0. The molecule has 0 aromatic rings. The second-order valence-corrected chi connectivity index (χ2v) is 4.60. The maximum Gasteiger partial charge on any atom is 1.00 e. The molecule has 0 spiro atoms. The summed E-state index contributed by atoms with van der Waals surface area (Å²) in [6.07, 6.45) is 2.86. The van der Waals surface area contributed by atoms with Crippen molar-refractivity contribution in [2.75, 3.05) is 26.2 Å². The number of likely N-dealkylation sites (tertiary alicyclic amines) is 1. The van der Waals surface area contributed by atoms with Crippen molar-refractivity contribution in [3.63, 3.8) is 0 Å². The molecule has 7 heteroatoms. The second-order valence-electron chi connectivity index (χ2n) is 4.60.